The Morgan fingerprint density at radius 2 is 2.20 bits per heavy atom. The first-order valence-corrected chi connectivity index (χ1v) is 6.91. The summed E-state index contributed by atoms with van der Waals surface area (Å²) in [7, 11) is 0. The van der Waals surface area contributed by atoms with Crippen molar-refractivity contribution >= 4 is 5.91 Å². The van der Waals surface area contributed by atoms with Crippen molar-refractivity contribution in [3.8, 4) is 0 Å². The second-order valence-corrected chi connectivity index (χ2v) is 4.77. The number of hydrogen-bond donors (Lipinski definition) is 1. The summed E-state index contributed by atoms with van der Waals surface area (Å²) in [6, 6.07) is 5.39. The van der Waals surface area contributed by atoms with Crippen molar-refractivity contribution in [3.63, 3.8) is 0 Å². The maximum atomic E-state index is 12.5. The molecule has 20 heavy (non-hydrogen) atoms. The normalized spacial score (nSPS) is 10.5. The Morgan fingerprint density at radius 3 is 2.80 bits per heavy atom. The van der Waals surface area contributed by atoms with Gasteiger partial charge in [0.2, 0.25) is 0 Å². The van der Waals surface area contributed by atoms with Gasteiger partial charge in [0.1, 0.15) is 5.69 Å². The average molecular weight is 272 g/mol. The third-order valence-electron chi connectivity index (χ3n) is 3.23. The number of nitrogens with one attached hydrogen (secondary N) is 1. The quantitative estimate of drug-likeness (QED) is 0.879. The van der Waals surface area contributed by atoms with Gasteiger partial charge >= 0.3 is 0 Å². The number of nitrogens with zero attached hydrogens (tertiary/aromatic N) is 3. The number of rotatable bonds is 6. The van der Waals surface area contributed by atoms with E-state index in [9.17, 15) is 4.79 Å². The molecular formula is C15H20N4O. The lowest BCUT2D eigenvalue weighted by Crippen LogP contribution is -2.32. The number of unbranched alkanes of at least 4 members (excludes halogenated alkanes) is 1. The SMILES string of the molecule is CCCCN(Cc1nc[nH]c1C)C(=O)c1ccccn1. The fourth-order valence-electron chi connectivity index (χ4n) is 1.98. The van der Waals surface area contributed by atoms with Crippen LogP contribution in [0, 0.1) is 6.92 Å². The zero-order valence-corrected chi connectivity index (χ0v) is 12.0. The highest BCUT2D eigenvalue weighted by atomic mass is 16.2. The molecule has 2 heterocycles. The Bertz CT molecular complexity index is 550. The van der Waals surface area contributed by atoms with Crippen molar-refractivity contribution in [3.05, 3.63) is 47.8 Å². The summed E-state index contributed by atoms with van der Waals surface area (Å²) < 4.78 is 0. The number of imidazole rings is 1. The van der Waals surface area contributed by atoms with Gasteiger partial charge in [-0.1, -0.05) is 19.4 Å². The molecule has 0 atom stereocenters. The highest BCUT2D eigenvalue weighted by molar-refractivity contribution is 5.92. The van der Waals surface area contributed by atoms with Gasteiger partial charge in [0.15, 0.2) is 0 Å². The van der Waals surface area contributed by atoms with Crippen molar-refractivity contribution < 1.29 is 4.79 Å². The topological polar surface area (TPSA) is 61.9 Å². The van der Waals surface area contributed by atoms with Gasteiger partial charge in [0.05, 0.1) is 18.6 Å². The van der Waals surface area contributed by atoms with Gasteiger partial charge in [-0.3, -0.25) is 9.78 Å². The molecule has 0 spiro atoms. The van der Waals surface area contributed by atoms with Crippen molar-refractivity contribution in [1.82, 2.24) is 19.9 Å². The minimum atomic E-state index is -0.0403. The summed E-state index contributed by atoms with van der Waals surface area (Å²) in [6.07, 6.45) is 5.33. The molecule has 2 aromatic heterocycles. The molecule has 0 aliphatic rings. The second-order valence-electron chi connectivity index (χ2n) is 4.77. The van der Waals surface area contributed by atoms with Crippen LogP contribution in [0.1, 0.15) is 41.6 Å². The summed E-state index contributed by atoms with van der Waals surface area (Å²) in [6.45, 7) is 5.32. The van der Waals surface area contributed by atoms with Crippen LogP contribution in [0.3, 0.4) is 0 Å². The lowest BCUT2D eigenvalue weighted by atomic mass is 10.2. The van der Waals surface area contributed by atoms with Crippen molar-refractivity contribution in [2.24, 2.45) is 0 Å². The highest BCUT2D eigenvalue weighted by Crippen LogP contribution is 2.10. The molecule has 0 aromatic carbocycles. The van der Waals surface area contributed by atoms with Crippen LogP contribution < -0.4 is 0 Å². The van der Waals surface area contributed by atoms with E-state index in [2.05, 4.69) is 21.9 Å². The predicted molar refractivity (Wildman–Crippen MR) is 77.2 cm³/mol. The number of aromatic amines is 1. The number of pyridine rings is 1. The summed E-state index contributed by atoms with van der Waals surface area (Å²) in [5.41, 5.74) is 2.39. The minimum absolute atomic E-state index is 0.0403. The summed E-state index contributed by atoms with van der Waals surface area (Å²) in [5, 5.41) is 0. The smallest absolute Gasteiger partial charge is 0.272 e. The largest absolute Gasteiger partial charge is 0.348 e. The van der Waals surface area contributed by atoms with Crippen LogP contribution in [0.4, 0.5) is 0 Å². The van der Waals surface area contributed by atoms with Crippen LogP contribution in [-0.4, -0.2) is 32.3 Å². The molecule has 0 saturated carbocycles. The number of aromatic nitrogens is 3. The molecule has 5 nitrogen and oxygen atoms in total. The molecule has 2 rings (SSSR count). The maximum Gasteiger partial charge on any atom is 0.272 e. The number of amides is 1. The van der Waals surface area contributed by atoms with Gasteiger partial charge in [0, 0.05) is 18.4 Å². The molecule has 0 bridgehead atoms. The van der Waals surface area contributed by atoms with E-state index in [1.54, 1.807) is 18.6 Å². The van der Waals surface area contributed by atoms with Crippen LogP contribution >= 0.6 is 0 Å². The molecule has 0 aliphatic heterocycles. The molecule has 0 unspecified atom stereocenters. The minimum Gasteiger partial charge on any atom is -0.348 e. The number of carbonyl (C=O) groups excluding carboxylic acids is 1. The summed E-state index contributed by atoms with van der Waals surface area (Å²) >= 11 is 0. The number of carbonyl (C=O) groups is 1. The van der Waals surface area contributed by atoms with E-state index < -0.39 is 0 Å². The average Bonchev–Trinajstić information content (AvgIpc) is 2.89. The maximum absolute atomic E-state index is 12.5. The molecule has 0 saturated heterocycles. The lowest BCUT2D eigenvalue weighted by molar-refractivity contribution is 0.0732. The fourth-order valence-corrected chi connectivity index (χ4v) is 1.98. The van der Waals surface area contributed by atoms with E-state index in [-0.39, 0.29) is 5.91 Å². The predicted octanol–water partition coefficient (Wildman–Crippen LogP) is 2.56. The highest BCUT2D eigenvalue weighted by Gasteiger charge is 2.18. The van der Waals surface area contributed by atoms with Gasteiger partial charge in [-0.25, -0.2) is 4.98 Å². The zero-order chi connectivity index (χ0) is 14.4. The Kier molecular flexibility index (Phi) is 4.87. The standard InChI is InChI=1S/C15H20N4O/c1-3-4-9-19(10-14-12(2)17-11-18-14)15(20)13-7-5-6-8-16-13/h5-8,11H,3-4,9-10H2,1-2H3,(H,17,18). The van der Waals surface area contributed by atoms with Crippen LogP contribution in [0.5, 0.6) is 0 Å². The van der Waals surface area contributed by atoms with Gasteiger partial charge < -0.3 is 9.88 Å². The van der Waals surface area contributed by atoms with Crippen LogP contribution in [0.25, 0.3) is 0 Å². The van der Waals surface area contributed by atoms with Crippen LogP contribution in [0.2, 0.25) is 0 Å². The van der Waals surface area contributed by atoms with Crippen molar-refractivity contribution in [2.75, 3.05) is 6.54 Å². The Morgan fingerprint density at radius 1 is 1.35 bits per heavy atom. The Balaban J connectivity index is 2.15. The molecule has 1 N–H and O–H groups in total. The molecule has 0 fully saturated rings. The lowest BCUT2D eigenvalue weighted by Gasteiger charge is -2.21. The molecule has 106 valence electrons. The van der Waals surface area contributed by atoms with E-state index in [0.29, 0.717) is 12.2 Å². The molecule has 0 radical (unpaired) electrons. The molecule has 2 aromatic rings. The summed E-state index contributed by atoms with van der Waals surface area (Å²) in [5.74, 6) is -0.0403. The van der Waals surface area contributed by atoms with Crippen LogP contribution in [-0.2, 0) is 6.54 Å². The summed E-state index contributed by atoms with van der Waals surface area (Å²) in [4.78, 5) is 25.8. The first-order valence-electron chi connectivity index (χ1n) is 6.91. The van der Waals surface area contributed by atoms with Crippen molar-refractivity contribution in [2.45, 2.75) is 33.2 Å². The first-order chi connectivity index (χ1) is 9.72. The first kappa shape index (κ1) is 14.2. The van der Waals surface area contributed by atoms with Gasteiger partial charge in [-0.15, -0.1) is 0 Å². The second kappa shape index (κ2) is 6.84. The van der Waals surface area contributed by atoms with E-state index in [4.69, 9.17) is 0 Å². The van der Waals surface area contributed by atoms with E-state index >= 15 is 0 Å². The third kappa shape index (κ3) is 3.44. The van der Waals surface area contributed by atoms with Gasteiger partial charge in [-0.05, 0) is 25.5 Å². The number of aryl methyl sites for hydroxylation is 1. The molecular weight excluding hydrogens is 252 g/mol. The Labute approximate surface area is 119 Å². The van der Waals surface area contributed by atoms with E-state index in [1.165, 1.54) is 0 Å². The van der Waals surface area contributed by atoms with Crippen LogP contribution in [0.15, 0.2) is 30.7 Å². The Hall–Kier alpha value is -2.17. The fraction of sp³-hybridized carbons (Fsp3) is 0.400. The third-order valence-corrected chi connectivity index (χ3v) is 3.23. The monoisotopic (exact) mass is 272 g/mol. The van der Waals surface area contributed by atoms with E-state index in [1.807, 2.05) is 24.0 Å². The zero-order valence-electron chi connectivity index (χ0n) is 12.0. The van der Waals surface area contributed by atoms with Gasteiger partial charge in [0.25, 0.3) is 5.91 Å². The number of hydrogen-bond acceptors (Lipinski definition) is 3. The molecule has 1 amide bonds. The number of H-pyrrole nitrogens is 1. The van der Waals surface area contributed by atoms with Gasteiger partial charge in [-0.2, -0.15) is 0 Å². The van der Waals surface area contributed by atoms with Crippen molar-refractivity contribution in [1.29, 1.82) is 0 Å². The molecule has 0 aliphatic carbocycles. The van der Waals surface area contributed by atoms with E-state index in [0.717, 1.165) is 30.8 Å². The molecule has 5 heteroatoms.